The molecule has 0 atom stereocenters. The highest BCUT2D eigenvalue weighted by molar-refractivity contribution is 6.16. The van der Waals surface area contributed by atoms with Crippen LogP contribution in [-0.4, -0.2) is 9.13 Å². The summed E-state index contributed by atoms with van der Waals surface area (Å²) >= 11 is 0. The first-order valence-electron chi connectivity index (χ1n) is 19.5. The molecule has 0 aliphatic heterocycles. The number of hydrogen-bond acceptors (Lipinski definition) is 1. The predicted molar refractivity (Wildman–Crippen MR) is 239 cm³/mol. The van der Waals surface area contributed by atoms with E-state index in [9.17, 15) is 0 Å². The largest absolute Gasteiger partial charge is 0.456 e. The van der Waals surface area contributed by atoms with Gasteiger partial charge in [0.25, 0.3) is 0 Å². The minimum absolute atomic E-state index is 0.872. The molecule has 0 fully saturated rings. The Morgan fingerprint density at radius 1 is 0.281 bits per heavy atom. The van der Waals surface area contributed by atoms with Crippen molar-refractivity contribution >= 4 is 65.6 Å². The van der Waals surface area contributed by atoms with E-state index in [0.29, 0.717) is 0 Å². The van der Waals surface area contributed by atoms with E-state index >= 15 is 0 Å². The standard InChI is InChI=1S/C54H34N2O/c1-3-15-35(16-4-1)40-19-7-8-20-41(40)47-33-39(34-53-54(47)44-23-11-14-26-52(44)57-53)56-49-25-13-10-22-43(49)46-32-37(28-30-51(46)56)36-27-29-50-45(31-36)42-21-9-12-24-48(42)55(50)38-17-5-2-6-18-38/h1-34H. The lowest BCUT2D eigenvalue weighted by atomic mass is 9.91. The highest BCUT2D eigenvalue weighted by Crippen LogP contribution is 2.44. The molecule has 12 rings (SSSR count). The van der Waals surface area contributed by atoms with Crippen molar-refractivity contribution in [1.82, 2.24) is 9.13 Å². The number of rotatable bonds is 5. The van der Waals surface area contributed by atoms with Crippen LogP contribution in [0.25, 0.3) is 110 Å². The second-order valence-electron chi connectivity index (χ2n) is 14.9. The zero-order valence-electron chi connectivity index (χ0n) is 30.9. The maximum atomic E-state index is 6.68. The zero-order chi connectivity index (χ0) is 37.5. The first kappa shape index (κ1) is 31.7. The van der Waals surface area contributed by atoms with Crippen LogP contribution in [0.3, 0.4) is 0 Å². The van der Waals surface area contributed by atoms with Gasteiger partial charge in [-0.2, -0.15) is 0 Å². The molecular formula is C54H34N2O. The molecule has 0 unspecified atom stereocenters. The molecule has 0 radical (unpaired) electrons. The fraction of sp³-hybridized carbons (Fsp3) is 0. The second-order valence-corrected chi connectivity index (χ2v) is 14.9. The summed E-state index contributed by atoms with van der Waals surface area (Å²) < 4.78 is 11.5. The highest BCUT2D eigenvalue weighted by atomic mass is 16.3. The van der Waals surface area contributed by atoms with Crippen LogP contribution in [0.5, 0.6) is 0 Å². The van der Waals surface area contributed by atoms with Crippen LogP contribution in [0.15, 0.2) is 211 Å². The van der Waals surface area contributed by atoms with Gasteiger partial charge in [-0.25, -0.2) is 0 Å². The van der Waals surface area contributed by atoms with Gasteiger partial charge in [0, 0.05) is 44.1 Å². The molecule has 0 spiro atoms. The third-order valence-corrected chi connectivity index (χ3v) is 11.7. The lowest BCUT2D eigenvalue weighted by Crippen LogP contribution is -1.96. The summed E-state index contributed by atoms with van der Waals surface area (Å²) in [6.07, 6.45) is 0. The van der Waals surface area contributed by atoms with Crippen LogP contribution >= 0.6 is 0 Å². The zero-order valence-corrected chi connectivity index (χ0v) is 30.9. The number of para-hydroxylation sites is 4. The smallest absolute Gasteiger partial charge is 0.138 e. The lowest BCUT2D eigenvalue weighted by molar-refractivity contribution is 0.668. The third kappa shape index (κ3) is 4.86. The summed E-state index contributed by atoms with van der Waals surface area (Å²) in [5.74, 6) is 0. The lowest BCUT2D eigenvalue weighted by Gasteiger charge is -2.15. The Labute approximate surface area is 328 Å². The van der Waals surface area contributed by atoms with E-state index in [4.69, 9.17) is 4.42 Å². The molecule has 0 saturated heterocycles. The Kier molecular flexibility index (Phi) is 6.93. The molecule has 0 bridgehead atoms. The van der Waals surface area contributed by atoms with Gasteiger partial charge in [-0.15, -0.1) is 0 Å². The summed E-state index contributed by atoms with van der Waals surface area (Å²) in [5, 5.41) is 7.17. The quantitative estimate of drug-likeness (QED) is 0.173. The van der Waals surface area contributed by atoms with E-state index in [1.54, 1.807) is 0 Å². The molecule has 3 heterocycles. The molecule has 57 heavy (non-hydrogen) atoms. The van der Waals surface area contributed by atoms with Crippen molar-refractivity contribution in [2.45, 2.75) is 0 Å². The topological polar surface area (TPSA) is 23.0 Å². The van der Waals surface area contributed by atoms with Crippen LogP contribution in [-0.2, 0) is 0 Å². The van der Waals surface area contributed by atoms with Crippen molar-refractivity contribution in [1.29, 1.82) is 0 Å². The Balaban J connectivity index is 1.08. The second kappa shape index (κ2) is 12.5. The Hall–Kier alpha value is -7.62. The maximum absolute atomic E-state index is 6.68. The molecule has 266 valence electrons. The first-order chi connectivity index (χ1) is 28.3. The van der Waals surface area contributed by atoms with Crippen molar-refractivity contribution in [3.8, 4) is 44.8 Å². The summed E-state index contributed by atoms with van der Waals surface area (Å²) in [5.41, 5.74) is 15.8. The first-order valence-corrected chi connectivity index (χ1v) is 19.5. The van der Waals surface area contributed by atoms with Gasteiger partial charge in [0.05, 0.1) is 27.8 Å². The van der Waals surface area contributed by atoms with Crippen LogP contribution in [0.4, 0.5) is 0 Å². The SMILES string of the molecule is c1ccc(-c2ccccc2-c2cc(-n3c4ccccc4c4cc(-c5ccc6c(c5)c5ccccc5n6-c5ccccc5)ccc43)cc3oc4ccccc4c23)cc1. The molecule has 12 aromatic rings. The molecule has 0 aliphatic carbocycles. The van der Waals surface area contributed by atoms with E-state index in [1.807, 2.05) is 6.07 Å². The molecule has 0 aliphatic rings. The Bertz CT molecular complexity index is 3510. The normalized spacial score (nSPS) is 11.9. The van der Waals surface area contributed by atoms with Gasteiger partial charge < -0.3 is 13.6 Å². The molecule has 9 aromatic carbocycles. The average Bonchev–Trinajstić information content (AvgIpc) is 3.94. The minimum Gasteiger partial charge on any atom is -0.456 e. The molecule has 0 N–H and O–H groups in total. The van der Waals surface area contributed by atoms with Gasteiger partial charge in [0.15, 0.2) is 0 Å². The van der Waals surface area contributed by atoms with E-state index in [1.165, 1.54) is 66.1 Å². The number of aromatic nitrogens is 2. The summed E-state index contributed by atoms with van der Waals surface area (Å²) in [6, 6.07) is 74.4. The minimum atomic E-state index is 0.872. The van der Waals surface area contributed by atoms with Crippen molar-refractivity contribution in [3.63, 3.8) is 0 Å². The van der Waals surface area contributed by atoms with Crippen molar-refractivity contribution in [2.75, 3.05) is 0 Å². The fourth-order valence-corrected chi connectivity index (χ4v) is 9.21. The van der Waals surface area contributed by atoms with E-state index in [2.05, 4.69) is 209 Å². The van der Waals surface area contributed by atoms with Gasteiger partial charge in [-0.1, -0.05) is 140 Å². The van der Waals surface area contributed by atoms with E-state index in [0.717, 1.165) is 44.2 Å². The van der Waals surface area contributed by atoms with Gasteiger partial charge in [-0.05, 0) is 94.0 Å². The summed E-state index contributed by atoms with van der Waals surface area (Å²) in [4.78, 5) is 0. The molecular weight excluding hydrogens is 693 g/mol. The van der Waals surface area contributed by atoms with Crippen LogP contribution in [0.2, 0.25) is 0 Å². The van der Waals surface area contributed by atoms with Gasteiger partial charge >= 0.3 is 0 Å². The van der Waals surface area contributed by atoms with E-state index < -0.39 is 0 Å². The number of benzene rings is 9. The van der Waals surface area contributed by atoms with Gasteiger partial charge in [0.1, 0.15) is 11.2 Å². The third-order valence-electron chi connectivity index (χ3n) is 11.7. The average molecular weight is 727 g/mol. The van der Waals surface area contributed by atoms with E-state index in [-0.39, 0.29) is 0 Å². The molecule has 3 aromatic heterocycles. The Morgan fingerprint density at radius 2 is 0.789 bits per heavy atom. The monoisotopic (exact) mass is 726 g/mol. The van der Waals surface area contributed by atoms with Gasteiger partial charge in [0.2, 0.25) is 0 Å². The fourth-order valence-electron chi connectivity index (χ4n) is 9.21. The molecule has 3 heteroatoms. The molecule has 3 nitrogen and oxygen atoms in total. The van der Waals surface area contributed by atoms with Gasteiger partial charge in [-0.3, -0.25) is 0 Å². The van der Waals surface area contributed by atoms with Crippen LogP contribution in [0, 0.1) is 0 Å². The predicted octanol–water partition coefficient (Wildman–Crippen LogP) is 14.8. The molecule has 0 amide bonds. The number of fused-ring (bicyclic) bond motifs is 9. The van der Waals surface area contributed by atoms with Crippen LogP contribution < -0.4 is 0 Å². The molecule has 0 saturated carbocycles. The van der Waals surface area contributed by atoms with Crippen molar-refractivity contribution in [3.05, 3.63) is 206 Å². The number of furan rings is 1. The maximum Gasteiger partial charge on any atom is 0.138 e. The highest BCUT2D eigenvalue weighted by Gasteiger charge is 2.21. The number of hydrogen-bond donors (Lipinski definition) is 0. The summed E-state index contributed by atoms with van der Waals surface area (Å²) in [7, 11) is 0. The Morgan fingerprint density at radius 3 is 1.46 bits per heavy atom. The van der Waals surface area contributed by atoms with Crippen molar-refractivity contribution in [2.24, 2.45) is 0 Å². The number of nitrogens with zero attached hydrogens (tertiary/aromatic N) is 2. The van der Waals surface area contributed by atoms with Crippen LogP contribution in [0.1, 0.15) is 0 Å². The van der Waals surface area contributed by atoms with Crippen molar-refractivity contribution < 1.29 is 4.42 Å². The summed E-state index contributed by atoms with van der Waals surface area (Å²) in [6.45, 7) is 0.